The van der Waals surface area contributed by atoms with E-state index in [2.05, 4.69) is 118 Å². The van der Waals surface area contributed by atoms with Gasteiger partial charge in [0.25, 0.3) is 0 Å². The molecule has 0 bridgehead atoms. The molecule has 0 radical (unpaired) electrons. The molecule has 0 spiro atoms. The van der Waals surface area contributed by atoms with Crippen LogP contribution in [0, 0.1) is 11.8 Å². The van der Waals surface area contributed by atoms with Gasteiger partial charge >= 0.3 is 0 Å². The van der Waals surface area contributed by atoms with Gasteiger partial charge in [0.1, 0.15) is 0 Å². The molecule has 0 saturated heterocycles. The highest BCUT2D eigenvalue weighted by atomic mass is 14.5. The molecule has 5 rings (SSSR count). The van der Waals surface area contributed by atoms with E-state index in [-0.39, 0.29) is 0 Å². The number of benzene rings is 4. The van der Waals surface area contributed by atoms with Gasteiger partial charge in [0.2, 0.25) is 0 Å². The van der Waals surface area contributed by atoms with E-state index in [1.165, 1.54) is 207 Å². The average Bonchev–Trinajstić information content (AvgIpc) is 3.29. The molecule has 1 aliphatic rings. The zero-order valence-electron chi connectivity index (χ0n) is 39.4. The summed E-state index contributed by atoms with van der Waals surface area (Å²) in [6, 6.07) is 37.4. The second kappa shape index (κ2) is 28.2. The van der Waals surface area contributed by atoms with Crippen LogP contribution in [-0.2, 0) is 0 Å². The normalized spacial score (nSPS) is 15.4. The van der Waals surface area contributed by atoms with Crippen LogP contribution >= 0.6 is 0 Å². The van der Waals surface area contributed by atoms with Crippen molar-refractivity contribution in [3.63, 3.8) is 0 Å². The van der Waals surface area contributed by atoms with Gasteiger partial charge < -0.3 is 11.5 Å². The number of hydrogen-bond donors (Lipinski definition) is 2. The minimum atomic E-state index is 0.399. The first-order chi connectivity index (χ1) is 30.0. The Morgan fingerprint density at radius 2 is 0.656 bits per heavy atom. The number of hydrogen-bond acceptors (Lipinski definition) is 2. The van der Waals surface area contributed by atoms with E-state index in [9.17, 15) is 0 Å². The quantitative estimate of drug-likeness (QED) is 0.0406. The topological polar surface area (TPSA) is 52.0 Å². The fourth-order valence-corrected chi connectivity index (χ4v) is 10.9. The van der Waals surface area contributed by atoms with Gasteiger partial charge in [-0.3, -0.25) is 0 Å². The third-order valence-corrected chi connectivity index (χ3v) is 14.7. The van der Waals surface area contributed by atoms with Gasteiger partial charge in [-0.05, 0) is 95.2 Å². The Bertz CT molecular complexity index is 1570. The molecule has 61 heavy (non-hydrogen) atoms. The Morgan fingerprint density at radius 3 is 1.00 bits per heavy atom. The summed E-state index contributed by atoms with van der Waals surface area (Å²) in [6.07, 6.45) is 36.4. The molecular weight excluding hydrogens is 737 g/mol. The van der Waals surface area contributed by atoms with Crippen molar-refractivity contribution in [1.82, 2.24) is 0 Å². The van der Waals surface area contributed by atoms with Crippen molar-refractivity contribution in [1.29, 1.82) is 0 Å². The first-order valence-electron chi connectivity index (χ1n) is 25.9. The van der Waals surface area contributed by atoms with E-state index in [4.69, 9.17) is 11.5 Å². The molecule has 0 heterocycles. The van der Waals surface area contributed by atoms with Gasteiger partial charge in [-0.2, -0.15) is 0 Å². The summed E-state index contributed by atoms with van der Waals surface area (Å²) in [5.41, 5.74) is 22.7. The Balaban J connectivity index is 1.36. The summed E-state index contributed by atoms with van der Waals surface area (Å²) >= 11 is 0. The number of nitrogens with two attached hydrogens (primary N) is 2. The summed E-state index contributed by atoms with van der Waals surface area (Å²) in [5.74, 6) is 2.96. The lowest BCUT2D eigenvalue weighted by Crippen LogP contribution is -2.19. The first-order valence-corrected chi connectivity index (χ1v) is 25.9. The molecule has 4 aromatic carbocycles. The van der Waals surface area contributed by atoms with Crippen LogP contribution in [0.1, 0.15) is 245 Å². The highest BCUT2D eigenvalue weighted by Gasteiger charge is 2.26. The molecule has 1 aliphatic carbocycles. The van der Waals surface area contributed by atoms with Gasteiger partial charge in [-0.1, -0.05) is 241 Å². The zero-order chi connectivity index (χ0) is 42.9. The van der Waals surface area contributed by atoms with Gasteiger partial charge in [0.15, 0.2) is 0 Å². The standard InChI is InChI=1S/C59H88N2/c1-4-7-9-11-13-15-17-22-27-57(53-37-42-55(60)43-38-53)49-29-33-51(34-30-49)59(46-41-47(24-6-3)48-25-20-19-21-26-48)52-35-31-50(32-36-52)58(54-39-44-56(61)45-40-54)28-23-18-16-14-12-10-8-5-2/h29-40,42-45,47-48,57-59H,4-28,41,46,60-61H2,1-3H3. The molecule has 1 saturated carbocycles. The predicted octanol–water partition coefficient (Wildman–Crippen LogP) is 18.1. The second-order valence-electron chi connectivity index (χ2n) is 19.4. The van der Waals surface area contributed by atoms with Crippen LogP contribution in [0.15, 0.2) is 97.1 Å². The van der Waals surface area contributed by atoms with Gasteiger partial charge in [-0.25, -0.2) is 0 Å². The number of rotatable bonds is 30. The summed E-state index contributed by atoms with van der Waals surface area (Å²) < 4.78 is 0. The molecule has 4 aromatic rings. The van der Waals surface area contributed by atoms with E-state index < -0.39 is 0 Å². The highest BCUT2D eigenvalue weighted by Crippen LogP contribution is 2.40. The van der Waals surface area contributed by atoms with Gasteiger partial charge in [0, 0.05) is 29.1 Å². The van der Waals surface area contributed by atoms with E-state index in [1.54, 1.807) is 0 Å². The lowest BCUT2D eigenvalue weighted by molar-refractivity contribution is 0.218. The van der Waals surface area contributed by atoms with Crippen molar-refractivity contribution in [2.24, 2.45) is 11.8 Å². The van der Waals surface area contributed by atoms with Crippen LogP contribution in [-0.4, -0.2) is 0 Å². The largest absolute Gasteiger partial charge is 0.399 e. The van der Waals surface area contributed by atoms with Crippen molar-refractivity contribution in [2.45, 2.75) is 212 Å². The zero-order valence-corrected chi connectivity index (χ0v) is 39.4. The number of nitrogen functional groups attached to an aromatic ring is 2. The number of unbranched alkanes of at least 4 members (excludes halogenated alkanes) is 14. The van der Waals surface area contributed by atoms with E-state index >= 15 is 0 Å². The molecule has 0 amide bonds. The maximum Gasteiger partial charge on any atom is 0.0314 e. The van der Waals surface area contributed by atoms with Crippen LogP contribution in [0.25, 0.3) is 0 Å². The Hall–Kier alpha value is -3.52. The maximum absolute atomic E-state index is 6.19. The van der Waals surface area contributed by atoms with E-state index in [1.807, 2.05) is 0 Å². The van der Waals surface area contributed by atoms with Crippen molar-refractivity contribution in [2.75, 3.05) is 11.5 Å². The van der Waals surface area contributed by atoms with Crippen molar-refractivity contribution in [3.05, 3.63) is 130 Å². The fraction of sp³-hybridized carbons (Fsp3) is 0.593. The molecule has 4 N–H and O–H groups in total. The Kier molecular flexibility index (Phi) is 22.4. The summed E-state index contributed by atoms with van der Waals surface area (Å²) in [4.78, 5) is 0. The van der Waals surface area contributed by atoms with Crippen LogP contribution in [0.4, 0.5) is 11.4 Å². The van der Waals surface area contributed by atoms with E-state index in [0.717, 1.165) is 23.2 Å². The summed E-state index contributed by atoms with van der Waals surface area (Å²) in [6.45, 7) is 7.02. The molecule has 2 nitrogen and oxygen atoms in total. The SMILES string of the molecule is CCCCCCCCCCC(c1ccc(N)cc1)c1ccc(C(CCC(CCC)C2CCCCC2)c2ccc(C(CCCCCCCCCC)c3ccc(N)cc3)cc2)cc1. The minimum Gasteiger partial charge on any atom is -0.399 e. The van der Waals surface area contributed by atoms with Crippen LogP contribution in [0.3, 0.4) is 0 Å². The molecule has 0 aliphatic heterocycles. The molecule has 0 aromatic heterocycles. The monoisotopic (exact) mass is 825 g/mol. The summed E-state index contributed by atoms with van der Waals surface area (Å²) in [5, 5.41) is 0. The average molecular weight is 825 g/mol. The predicted molar refractivity (Wildman–Crippen MR) is 269 cm³/mol. The lowest BCUT2D eigenvalue weighted by atomic mass is 9.74. The van der Waals surface area contributed by atoms with Crippen molar-refractivity contribution >= 4 is 11.4 Å². The molecule has 1 fully saturated rings. The lowest BCUT2D eigenvalue weighted by Gasteiger charge is -2.32. The van der Waals surface area contributed by atoms with Gasteiger partial charge in [-0.15, -0.1) is 0 Å². The van der Waals surface area contributed by atoms with Crippen molar-refractivity contribution in [3.8, 4) is 0 Å². The molecule has 3 atom stereocenters. The third-order valence-electron chi connectivity index (χ3n) is 14.7. The van der Waals surface area contributed by atoms with Crippen LogP contribution < -0.4 is 11.5 Å². The molecule has 2 heteroatoms. The third kappa shape index (κ3) is 16.6. The van der Waals surface area contributed by atoms with E-state index in [0.29, 0.717) is 17.8 Å². The van der Waals surface area contributed by atoms with Gasteiger partial charge in [0.05, 0.1) is 0 Å². The smallest absolute Gasteiger partial charge is 0.0314 e. The van der Waals surface area contributed by atoms with Crippen molar-refractivity contribution < 1.29 is 0 Å². The fourth-order valence-electron chi connectivity index (χ4n) is 10.9. The number of anilines is 2. The Labute approximate surface area is 375 Å². The maximum atomic E-state index is 6.19. The molecule has 334 valence electrons. The second-order valence-corrected chi connectivity index (χ2v) is 19.4. The Morgan fingerprint density at radius 1 is 0.344 bits per heavy atom. The first kappa shape index (κ1) is 48.5. The summed E-state index contributed by atoms with van der Waals surface area (Å²) in [7, 11) is 0. The minimum absolute atomic E-state index is 0.399. The molecular formula is C59H88N2. The van der Waals surface area contributed by atoms with Crippen LogP contribution in [0.2, 0.25) is 0 Å². The van der Waals surface area contributed by atoms with Crippen LogP contribution in [0.5, 0.6) is 0 Å². The highest BCUT2D eigenvalue weighted by molar-refractivity contribution is 5.45. The molecule has 3 unspecified atom stereocenters.